The van der Waals surface area contributed by atoms with Crippen LogP contribution in [0.2, 0.25) is 5.02 Å². The lowest BCUT2D eigenvalue weighted by atomic mass is 9.90. The van der Waals surface area contributed by atoms with Crippen molar-refractivity contribution in [2.24, 2.45) is 5.92 Å². The summed E-state index contributed by atoms with van der Waals surface area (Å²) in [5, 5.41) is 10.4. The zero-order chi connectivity index (χ0) is 15.6. The van der Waals surface area contributed by atoms with Crippen LogP contribution in [0, 0.1) is 5.92 Å². The lowest BCUT2D eigenvalue weighted by Crippen LogP contribution is -2.55. The average Bonchev–Trinajstić information content (AvgIpc) is 2.82. The minimum atomic E-state index is -0.776. The molecule has 21 heavy (non-hydrogen) atoms. The molecule has 0 bridgehead atoms. The molecule has 1 N–H and O–H groups in total. The molecule has 1 heterocycles. The topological polar surface area (TPSA) is 40.5 Å². The largest absolute Gasteiger partial charge is 0.480 e. The number of hydrogen-bond donors (Lipinski definition) is 1. The van der Waals surface area contributed by atoms with Gasteiger partial charge in [-0.15, -0.1) is 0 Å². The van der Waals surface area contributed by atoms with Gasteiger partial charge < -0.3 is 5.11 Å². The van der Waals surface area contributed by atoms with Crippen LogP contribution in [-0.2, 0) is 11.2 Å². The molecule has 1 aliphatic rings. The van der Waals surface area contributed by atoms with Crippen LogP contribution in [-0.4, -0.2) is 34.1 Å². The summed E-state index contributed by atoms with van der Waals surface area (Å²) < 4.78 is 0. The second kappa shape index (κ2) is 6.37. The minimum absolute atomic E-state index is 0.271. The van der Waals surface area contributed by atoms with Crippen molar-refractivity contribution in [1.82, 2.24) is 4.90 Å². The molecule has 2 rings (SSSR count). The Morgan fingerprint density at radius 2 is 2.05 bits per heavy atom. The summed E-state index contributed by atoms with van der Waals surface area (Å²) in [5.41, 5.74) is 0.439. The highest BCUT2D eigenvalue weighted by molar-refractivity contribution is 6.30. The van der Waals surface area contributed by atoms with E-state index >= 15 is 0 Å². The molecular weight excluding hydrogens is 286 g/mol. The van der Waals surface area contributed by atoms with Crippen LogP contribution < -0.4 is 0 Å². The molecule has 0 aliphatic carbocycles. The van der Waals surface area contributed by atoms with Crippen molar-refractivity contribution in [2.45, 2.75) is 51.6 Å². The number of rotatable bonds is 5. The van der Waals surface area contributed by atoms with Gasteiger partial charge in [-0.2, -0.15) is 0 Å². The van der Waals surface area contributed by atoms with E-state index in [4.69, 9.17) is 11.6 Å². The molecule has 1 aromatic carbocycles. The first-order chi connectivity index (χ1) is 9.88. The van der Waals surface area contributed by atoms with E-state index in [1.165, 1.54) is 5.56 Å². The molecule has 3 nitrogen and oxygen atoms in total. The molecule has 0 radical (unpaired) electrons. The van der Waals surface area contributed by atoms with E-state index in [0.717, 1.165) is 24.4 Å². The third-order valence-electron chi connectivity index (χ3n) is 5.02. The molecule has 1 aromatic rings. The zero-order valence-electron chi connectivity index (χ0n) is 13.0. The SMILES string of the molecule is CCC(C)(C(=O)O)N1CCC(C)C1Cc1ccc(Cl)cc1. The van der Waals surface area contributed by atoms with Gasteiger partial charge in [0.25, 0.3) is 0 Å². The number of hydrogen-bond acceptors (Lipinski definition) is 2. The molecule has 1 aliphatic heterocycles. The summed E-state index contributed by atoms with van der Waals surface area (Å²) in [6, 6.07) is 8.14. The van der Waals surface area contributed by atoms with Crippen molar-refractivity contribution < 1.29 is 9.90 Å². The molecule has 3 unspecified atom stereocenters. The molecule has 0 aromatic heterocycles. The summed E-state index contributed by atoms with van der Waals surface area (Å²) in [6.45, 7) is 6.88. The summed E-state index contributed by atoms with van der Waals surface area (Å²) >= 11 is 5.93. The standard InChI is InChI=1S/C17H24ClNO2/c1-4-17(3,16(20)21)19-10-9-12(2)15(19)11-13-5-7-14(18)8-6-13/h5-8,12,15H,4,9-11H2,1-3H3,(H,20,21). The molecule has 4 heteroatoms. The Morgan fingerprint density at radius 3 is 2.57 bits per heavy atom. The van der Waals surface area contributed by atoms with E-state index in [1.54, 1.807) is 0 Å². The summed E-state index contributed by atoms with van der Waals surface area (Å²) in [5.74, 6) is -0.217. The maximum Gasteiger partial charge on any atom is 0.323 e. The van der Waals surface area contributed by atoms with Crippen molar-refractivity contribution in [3.05, 3.63) is 34.9 Å². The first-order valence-corrected chi connectivity index (χ1v) is 8.01. The molecular formula is C17H24ClNO2. The normalized spacial score (nSPS) is 25.7. The Labute approximate surface area is 131 Å². The van der Waals surface area contributed by atoms with Crippen molar-refractivity contribution in [2.75, 3.05) is 6.54 Å². The maximum atomic E-state index is 11.7. The van der Waals surface area contributed by atoms with Gasteiger partial charge in [0, 0.05) is 11.1 Å². The zero-order valence-corrected chi connectivity index (χ0v) is 13.7. The lowest BCUT2D eigenvalue weighted by molar-refractivity contribution is -0.151. The van der Waals surface area contributed by atoms with Crippen molar-refractivity contribution in [3.63, 3.8) is 0 Å². The molecule has 3 atom stereocenters. The number of halogens is 1. The predicted molar refractivity (Wildman–Crippen MR) is 85.8 cm³/mol. The molecule has 0 amide bonds. The summed E-state index contributed by atoms with van der Waals surface area (Å²) in [4.78, 5) is 13.9. The number of aliphatic carboxylic acids is 1. The molecule has 1 saturated heterocycles. The Kier molecular flexibility index (Phi) is 4.95. The molecule has 116 valence electrons. The van der Waals surface area contributed by atoms with Crippen LogP contribution in [0.1, 0.15) is 39.2 Å². The second-order valence-corrected chi connectivity index (χ2v) is 6.73. The van der Waals surface area contributed by atoms with Crippen molar-refractivity contribution in [3.8, 4) is 0 Å². The summed E-state index contributed by atoms with van der Waals surface area (Å²) in [7, 11) is 0. The van der Waals surface area contributed by atoms with Crippen LogP contribution in [0.3, 0.4) is 0 Å². The maximum absolute atomic E-state index is 11.7. The lowest BCUT2D eigenvalue weighted by Gasteiger charge is -2.39. The highest BCUT2D eigenvalue weighted by Crippen LogP contribution is 2.35. The molecule has 1 fully saturated rings. The predicted octanol–water partition coefficient (Wildman–Crippen LogP) is 3.85. The van der Waals surface area contributed by atoms with Crippen LogP contribution in [0.15, 0.2) is 24.3 Å². The van der Waals surface area contributed by atoms with Gasteiger partial charge >= 0.3 is 5.97 Å². The highest BCUT2D eigenvalue weighted by Gasteiger charge is 2.45. The van der Waals surface area contributed by atoms with E-state index in [2.05, 4.69) is 11.8 Å². The number of likely N-dealkylation sites (tertiary alicyclic amines) is 1. The smallest absolute Gasteiger partial charge is 0.323 e. The van der Waals surface area contributed by atoms with E-state index in [-0.39, 0.29) is 6.04 Å². The van der Waals surface area contributed by atoms with Gasteiger partial charge in [0.2, 0.25) is 0 Å². The first kappa shape index (κ1) is 16.3. The van der Waals surface area contributed by atoms with E-state index in [0.29, 0.717) is 12.3 Å². The van der Waals surface area contributed by atoms with Gasteiger partial charge in [-0.25, -0.2) is 0 Å². The van der Waals surface area contributed by atoms with Gasteiger partial charge in [-0.3, -0.25) is 9.69 Å². The molecule has 0 spiro atoms. The van der Waals surface area contributed by atoms with E-state index < -0.39 is 11.5 Å². The van der Waals surface area contributed by atoms with Gasteiger partial charge in [0.05, 0.1) is 0 Å². The monoisotopic (exact) mass is 309 g/mol. The average molecular weight is 310 g/mol. The molecule has 0 saturated carbocycles. The Hall–Kier alpha value is -1.06. The second-order valence-electron chi connectivity index (χ2n) is 6.29. The number of carboxylic acids is 1. The van der Waals surface area contributed by atoms with Gasteiger partial charge in [0.1, 0.15) is 5.54 Å². The van der Waals surface area contributed by atoms with E-state index in [9.17, 15) is 9.90 Å². The number of carbonyl (C=O) groups is 1. The van der Waals surface area contributed by atoms with Gasteiger partial charge in [-0.05, 0) is 56.3 Å². The Bertz CT molecular complexity index is 502. The third kappa shape index (κ3) is 3.24. The fourth-order valence-electron chi connectivity index (χ4n) is 3.27. The van der Waals surface area contributed by atoms with Gasteiger partial charge in [-0.1, -0.05) is 37.6 Å². The fourth-order valence-corrected chi connectivity index (χ4v) is 3.40. The van der Waals surface area contributed by atoms with Crippen molar-refractivity contribution in [1.29, 1.82) is 0 Å². The van der Waals surface area contributed by atoms with Crippen LogP contribution in [0.25, 0.3) is 0 Å². The summed E-state index contributed by atoms with van der Waals surface area (Å²) in [6.07, 6.45) is 2.55. The van der Waals surface area contributed by atoms with E-state index in [1.807, 2.05) is 38.1 Å². The quantitative estimate of drug-likeness (QED) is 0.898. The third-order valence-corrected chi connectivity index (χ3v) is 5.28. The minimum Gasteiger partial charge on any atom is -0.480 e. The van der Waals surface area contributed by atoms with Crippen LogP contribution in [0.4, 0.5) is 0 Å². The Balaban J connectivity index is 2.22. The van der Waals surface area contributed by atoms with Crippen molar-refractivity contribution >= 4 is 17.6 Å². The Morgan fingerprint density at radius 1 is 1.43 bits per heavy atom. The first-order valence-electron chi connectivity index (χ1n) is 7.63. The number of benzene rings is 1. The van der Waals surface area contributed by atoms with Gasteiger partial charge in [0.15, 0.2) is 0 Å². The fraction of sp³-hybridized carbons (Fsp3) is 0.588. The number of carboxylic acid groups (broad SMARTS) is 1. The highest BCUT2D eigenvalue weighted by atomic mass is 35.5. The van der Waals surface area contributed by atoms with Crippen LogP contribution in [0.5, 0.6) is 0 Å². The van der Waals surface area contributed by atoms with Crippen LogP contribution >= 0.6 is 11.6 Å². The number of nitrogens with zero attached hydrogens (tertiary/aromatic N) is 1.